The first kappa shape index (κ1) is 11.3. The SMILES string of the molecule is CC(C)CNc1cccc(Cl)c1CO. The third kappa shape index (κ3) is 2.89. The van der Waals surface area contributed by atoms with Crippen LogP contribution in [0.1, 0.15) is 19.4 Å². The number of anilines is 1. The van der Waals surface area contributed by atoms with Gasteiger partial charge in [-0.3, -0.25) is 0 Å². The van der Waals surface area contributed by atoms with Crippen molar-refractivity contribution >= 4 is 17.3 Å². The molecule has 2 nitrogen and oxygen atoms in total. The van der Waals surface area contributed by atoms with Crippen molar-refractivity contribution in [2.45, 2.75) is 20.5 Å². The minimum Gasteiger partial charge on any atom is -0.392 e. The highest BCUT2D eigenvalue weighted by Gasteiger charge is 2.05. The lowest BCUT2D eigenvalue weighted by molar-refractivity contribution is 0.282. The monoisotopic (exact) mass is 213 g/mol. The maximum absolute atomic E-state index is 9.14. The van der Waals surface area contributed by atoms with Gasteiger partial charge in [-0.1, -0.05) is 31.5 Å². The highest BCUT2D eigenvalue weighted by molar-refractivity contribution is 6.31. The third-order valence-electron chi connectivity index (χ3n) is 1.98. The third-order valence-corrected chi connectivity index (χ3v) is 2.33. The molecular formula is C11H16ClNO. The van der Waals surface area contributed by atoms with Crippen LogP contribution in [0.5, 0.6) is 0 Å². The first-order chi connectivity index (χ1) is 6.65. The molecule has 0 aliphatic carbocycles. The highest BCUT2D eigenvalue weighted by atomic mass is 35.5. The minimum atomic E-state index is -0.0277. The van der Waals surface area contributed by atoms with Crippen molar-refractivity contribution in [2.75, 3.05) is 11.9 Å². The Morgan fingerprint density at radius 2 is 2.14 bits per heavy atom. The molecule has 0 fully saturated rings. The Morgan fingerprint density at radius 3 is 2.71 bits per heavy atom. The van der Waals surface area contributed by atoms with E-state index in [2.05, 4.69) is 19.2 Å². The Balaban J connectivity index is 2.80. The fourth-order valence-corrected chi connectivity index (χ4v) is 1.43. The predicted octanol–water partition coefficient (Wildman–Crippen LogP) is 2.90. The number of nitrogens with one attached hydrogen (secondary N) is 1. The van der Waals surface area contributed by atoms with E-state index in [0.29, 0.717) is 10.9 Å². The van der Waals surface area contributed by atoms with Crippen molar-refractivity contribution in [3.8, 4) is 0 Å². The number of hydrogen-bond donors (Lipinski definition) is 2. The van der Waals surface area contributed by atoms with E-state index in [-0.39, 0.29) is 6.61 Å². The molecule has 0 spiro atoms. The summed E-state index contributed by atoms with van der Waals surface area (Å²) in [7, 11) is 0. The van der Waals surface area contributed by atoms with E-state index in [1.165, 1.54) is 0 Å². The number of halogens is 1. The molecule has 3 heteroatoms. The molecule has 0 radical (unpaired) electrons. The van der Waals surface area contributed by atoms with Gasteiger partial charge in [-0.15, -0.1) is 0 Å². The van der Waals surface area contributed by atoms with E-state index in [0.717, 1.165) is 17.8 Å². The Kier molecular flexibility index (Phi) is 4.23. The van der Waals surface area contributed by atoms with Crippen molar-refractivity contribution in [1.29, 1.82) is 0 Å². The summed E-state index contributed by atoms with van der Waals surface area (Å²) in [5.74, 6) is 0.570. The maximum Gasteiger partial charge on any atom is 0.0716 e. The first-order valence-electron chi connectivity index (χ1n) is 4.77. The Hall–Kier alpha value is -0.730. The maximum atomic E-state index is 9.14. The summed E-state index contributed by atoms with van der Waals surface area (Å²) < 4.78 is 0. The van der Waals surface area contributed by atoms with E-state index in [1.807, 2.05) is 12.1 Å². The fourth-order valence-electron chi connectivity index (χ4n) is 1.20. The van der Waals surface area contributed by atoms with E-state index >= 15 is 0 Å². The summed E-state index contributed by atoms with van der Waals surface area (Å²) in [5, 5.41) is 13.0. The van der Waals surface area contributed by atoms with Crippen LogP contribution in [-0.2, 0) is 6.61 Å². The highest BCUT2D eigenvalue weighted by Crippen LogP contribution is 2.24. The summed E-state index contributed by atoms with van der Waals surface area (Å²) >= 11 is 5.94. The van der Waals surface area contributed by atoms with Gasteiger partial charge < -0.3 is 10.4 Å². The summed E-state index contributed by atoms with van der Waals surface area (Å²) in [6.07, 6.45) is 0. The average molecular weight is 214 g/mol. The van der Waals surface area contributed by atoms with E-state index < -0.39 is 0 Å². The van der Waals surface area contributed by atoms with Gasteiger partial charge >= 0.3 is 0 Å². The van der Waals surface area contributed by atoms with Gasteiger partial charge in [0.1, 0.15) is 0 Å². The second-order valence-electron chi connectivity index (χ2n) is 3.70. The van der Waals surface area contributed by atoms with Crippen LogP contribution in [0.4, 0.5) is 5.69 Å². The van der Waals surface area contributed by atoms with Gasteiger partial charge in [0.2, 0.25) is 0 Å². The van der Waals surface area contributed by atoms with Gasteiger partial charge in [0.25, 0.3) is 0 Å². The van der Waals surface area contributed by atoms with E-state index in [1.54, 1.807) is 6.07 Å². The minimum absolute atomic E-state index is 0.0277. The zero-order valence-electron chi connectivity index (χ0n) is 8.55. The number of hydrogen-bond acceptors (Lipinski definition) is 2. The molecule has 0 amide bonds. The van der Waals surface area contributed by atoms with Crippen molar-refractivity contribution in [3.63, 3.8) is 0 Å². The second kappa shape index (κ2) is 5.23. The topological polar surface area (TPSA) is 32.3 Å². The molecule has 78 valence electrons. The number of aliphatic hydroxyl groups is 1. The molecule has 0 aliphatic heterocycles. The molecule has 0 saturated heterocycles. The van der Waals surface area contributed by atoms with Crippen LogP contribution in [0, 0.1) is 5.92 Å². The van der Waals surface area contributed by atoms with E-state index in [9.17, 15) is 0 Å². The molecule has 0 aromatic heterocycles. The molecule has 0 bridgehead atoms. The van der Waals surface area contributed by atoms with Crippen molar-refractivity contribution < 1.29 is 5.11 Å². The summed E-state index contributed by atoms with van der Waals surface area (Å²) in [4.78, 5) is 0. The van der Waals surface area contributed by atoms with Gasteiger partial charge in [0, 0.05) is 22.8 Å². The van der Waals surface area contributed by atoms with Crippen LogP contribution >= 0.6 is 11.6 Å². The number of benzene rings is 1. The molecule has 0 aliphatic rings. The molecule has 1 rings (SSSR count). The van der Waals surface area contributed by atoms with Gasteiger partial charge in [-0.05, 0) is 18.1 Å². The van der Waals surface area contributed by atoms with Crippen LogP contribution in [-0.4, -0.2) is 11.7 Å². The van der Waals surface area contributed by atoms with E-state index in [4.69, 9.17) is 16.7 Å². The molecule has 0 atom stereocenters. The first-order valence-corrected chi connectivity index (χ1v) is 5.15. The lowest BCUT2D eigenvalue weighted by atomic mass is 10.1. The quantitative estimate of drug-likeness (QED) is 0.806. The summed E-state index contributed by atoms with van der Waals surface area (Å²) in [6, 6.07) is 5.59. The zero-order valence-corrected chi connectivity index (χ0v) is 9.30. The average Bonchev–Trinajstić information content (AvgIpc) is 2.14. The largest absolute Gasteiger partial charge is 0.392 e. The normalized spacial score (nSPS) is 10.6. The molecule has 0 heterocycles. The van der Waals surface area contributed by atoms with Crippen LogP contribution in [0.2, 0.25) is 5.02 Å². The van der Waals surface area contributed by atoms with Gasteiger partial charge in [0.15, 0.2) is 0 Å². The fraction of sp³-hybridized carbons (Fsp3) is 0.455. The smallest absolute Gasteiger partial charge is 0.0716 e. The van der Waals surface area contributed by atoms with Crippen molar-refractivity contribution in [2.24, 2.45) is 5.92 Å². The molecule has 14 heavy (non-hydrogen) atoms. The Bertz CT molecular complexity index is 299. The summed E-state index contributed by atoms with van der Waals surface area (Å²) in [5.41, 5.74) is 1.70. The lowest BCUT2D eigenvalue weighted by Crippen LogP contribution is -2.09. The predicted molar refractivity (Wildman–Crippen MR) is 60.7 cm³/mol. The molecule has 1 aromatic carbocycles. The molecule has 0 unspecified atom stereocenters. The Morgan fingerprint density at radius 1 is 1.43 bits per heavy atom. The second-order valence-corrected chi connectivity index (χ2v) is 4.11. The van der Waals surface area contributed by atoms with Crippen molar-refractivity contribution in [1.82, 2.24) is 0 Å². The number of aliphatic hydroxyl groups excluding tert-OH is 1. The van der Waals surface area contributed by atoms with Gasteiger partial charge in [-0.2, -0.15) is 0 Å². The van der Waals surface area contributed by atoms with Crippen LogP contribution in [0.25, 0.3) is 0 Å². The van der Waals surface area contributed by atoms with Crippen LogP contribution in [0.3, 0.4) is 0 Å². The standard InChI is InChI=1S/C11H16ClNO/c1-8(2)6-13-11-5-3-4-10(12)9(11)7-14/h3-5,8,13-14H,6-7H2,1-2H3. The molecular weight excluding hydrogens is 198 g/mol. The zero-order chi connectivity index (χ0) is 10.6. The van der Waals surface area contributed by atoms with Crippen LogP contribution < -0.4 is 5.32 Å². The Labute approximate surface area is 89.9 Å². The molecule has 1 aromatic rings. The van der Waals surface area contributed by atoms with Gasteiger partial charge in [-0.25, -0.2) is 0 Å². The van der Waals surface area contributed by atoms with Crippen molar-refractivity contribution in [3.05, 3.63) is 28.8 Å². The lowest BCUT2D eigenvalue weighted by Gasteiger charge is -2.13. The summed E-state index contributed by atoms with van der Waals surface area (Å²) in [6.45, 7) is 5.12. The number of rotatable bonds is 4. The molecule has 2 N–H and O–H groups in total. The molecule has 0 saturated carbocycles. The van der Waals surface area contributed by atoms with Crippen LogP contribution in [0.15, 0.2) is 18.2 Å². The van der Waals surface area contributed by atoms with Gasteiger partial charge in [0.05, 0.1) is 6.61 Å².